The summed E-state index contributed by atoms with van der Waals surface area (Å²) in [6, 6.07) is 70.3. The van der Waals surface area contributed by atoms with Gasteiger partial charge in [-0.3, -0.25) is 0 Å². The topological polar surface area (TPSA) is 4.93 Å². The van der Waals surface area contributed by atoms with Crippen molar-refractivity contribution < 1.29 is 0 Å². The van der Waals surface area contributed by atoms with Crippen LogP contribution in [0.25, 0.3) is 77.4 Å². The molecule has 0 spiro atoms. The van der Waals surface area contributed by atoms with Crippen LogP contribution >= 0.6 is 15.9 Å². The van der Waals surface area contributed by atoms with Crippen molar-refractivity contribution in [2.75, 3.05) is 0 Å². The number of benzene rings is 8. The quantitative estimate of drug-likeness (QED) is 0.155. The van der Waals surface area contributed by atoms with E-state index in [1.807, 2.05) is 0 Å². The van der Waals surface area contributed by atoms with Crippen LogP contribution in [0.1, 0.15) is 5.56 Å². The highest BCUT2D eigenvalue weighted by atomic mass is 79.9. The second-order valence-electron chi connectivity index (χ2n) is 13.1. The maximum absolute atomic E-state index is 3.94. The first-order valence-electron chi connectivity index (χ1n) is 17.4. The zero-order chi connectivity index (χ0) is 34.1. The average molecular weight is 717 g/mol. The Bertz CT molecular complexity index is 2510. The molecule has 1 heterocycles. The molecule has 9 aromatic rings. The van der Waals surface area contributed by atoms with Crippen LogP contribution in [-0.4, -0.2) is 4.57 Å². The molecule has 0 aliphatic rings. The fourth-order valence-electron chi connectivity index (χ4n) is 7.31. The summed E-state index contributed by atoms with van der Waals surface area (Å²) < 4.78 is 3.59. The minimum Gasteiger partial charge on any atom is -0.336 e. The molecule has 0 amide bonds. The van der Waals surface area contributed by atoms with Crippen LogP contribution in [0.4, 0.5) is 0 Å². The van der Waals surface area contributed by atoms with E-state index in [0.29, 0.717) is 0 Å². The summed E-state index contributed by atoms with van der Waals surface area (Å²) in [4.78, 5) is 0. The summed E-state index contributed by atoms with van der Waals surface area (Å²) in [6.07, 6.45) is 0. The van der Waals surface area contributed by atoms with Gasteiger partial charge in [-0.2, -0.15) is 0 Å². The summed E-state index contributed by atoms with van der Waals surface area (Å²) in [5.41, 5.74) is 15.9. The fraction of sp³-hybridized carbons (Fsp3) is 0.0204. The SMILES string of the molecule is Brc1cc(-c2ccccc2)ccc1Cn1c2ccc(-c3cccc(-c4ccccc4)c3)cc2c2cc(-c3cccc(-c4ccccc4)c3)ccc21. The standard InChI is InChI=1S/C49H34BrN/c50-47-32-43(36-16-8-3-9-17-36)22-23-44(47)33-51-48-26-24-41(39-20-10-18-37(28-39)34-12-4-1-5-13-34)30-45(48)46-31-42(25-27-49(46)51)40-21-11-19-38(29-40)35-14-6-2-7-15-35/h1-32H,33H2. The molecule has 9 rings (SSSR count). The van der Waals surface area contributed by atoms with Crippen LogP contribution in [0, 0.1) is 0 Å². The van der Waals surface area contributed by atoms with Gasteiger partial charge < -0.3 is 4.57 Å². The van der Waals surface area contributed by atoms with Gasteiger partial charge in [-0.25, -0.2) is 0 Å². The fourth-order valence-corrected chi connectivity index (χ4v) is 7.81. The Labute approximate surface area is 307 Å². The Morgan fingerprint density at radius 1 is 0.314 bits per heavy atom. The third kappa shape index (κ3) is 6.09. The number of aromatic nitrogens is 1. The Kier molecular flexibility index (Phi) is 8.16. The zero-order valence-electron chi connectivity index (χ0n) is 28.0. The molecule has 0 saturated carbocycles. The molecule has 0 bridgehead atoms. The van der Waals surface area contributed by atoms with Crippen LogP contribution in [0.2, 0.25) is 0 Å². The minimum absolute atomic E-state index is 0.751. The molecule has 0 aliphatic heterocycles. The van der Waals surface area contributed by atoms with Gasteiger partial charge in [0.25, 0.3) is 0 Å². The summed E-state index contributed by atoms with van der Waals surface area (Å²) in [7, 11) is 0. The third-order valence-electron chi connectivity index (χ3n) is 9.96. The molecule has 0 unspecified atom stereocenters. The van der Waals surface area contributed by atoms with Crippen molar-refractivity contribution in [2.45, 2.75) is 6.54 Å². The van der Waals surface area contributed by atoms with E-state index in [-0.39, 0.29) is 0 Å². The Hall–Kier alpha value is -5.96. The lowest BCUT2D eigenvalue weighted by Crippen LogP contribution is -2.00. The lowest BCUT2D eigenvalue weighted by atomic mass is 9.96. The van der Waals surface area contributed by atoms with Crippen LogP contribution in [-0.2, 0) is 6.54 Å². The van der Waals surface area contributed by atoms with Crippen LogP contribution in [0.15, 0.2) is 199 Å². The highest BCUT2D eigenvalue weighted by molar-refractivity contribution is 9.10. The van der Waals surface area contributed by atoms with Gasteiger partial charge >= 0.3 is 0 Å². The molecule has 0 radical (unpaired) electrons. The molecular weight excluding hydrogens is 682 g/mol. The second-order valence-corrected chi connectivity index (χ2v) is 14.0. The largest absolute Gasteiger partial charge is 0.336 e. The molecule has 0 aliphatic carbocycles. The molecule has 0 fully saturated rings. The normalized spacial score (nSPS) is 11.3. The molecule has 0 atom stereocenters. The van der Waals surface area contributed by atoms with E-state index in [2.05, 4.69) is 215 Å². The lowest BCUT2D eigenvalue weighted by Gasteiger charge is -2.12. The zero-order valence-corrected chi connectivity index (χ0v) is 29.6. The summed E-state index contributed by atoms with van der Waals surface area (Å²) in [5, 5.41) is 2.51. The first-order valence-corrected chi connectivity index (χ1v) is 18.2. The molecule has 1 nitrogen and oxygen atoms in total. The predicted molar refractivity (Wildman–Crippen MR) is 220 cm³/mol. The molecule has 1 aromatic heterocycles. The van der Waals surface area contributed by atoms with Crippen molar-refractivity contribution in [3.63, 3.8) is 0 Å². The lowest BCUT2D eigenvalue weighted by molar-refractivity contribution is 0.865. The van der Waals surface area contributed by atoms with Gasteiger partial charge in [0.2, 0.25) is 0 Å². The van der Waals surface area contributed by atoms with Gasteiger partial charge in [0, 0.05) is 32.8 Å². The molecule has 8 aromatic carbocycles. The number of hydrogen-bond donors (Lipinski definition) is 0. The number of nitrogens with zero attached hydrogens (tertiary/aromatic N) is 1. The van der Waals surface area contributed by atoms with E-state index >= 15 is 0 Å². The van der Waals surface area contributed by atoms with Crippen molar-refractivity contribution in [1.82, 2.24) is 4.57 Å². The maximum atomic E-state index is 3.94. The van der Waals surface area contributed by atoms with E-state index in [1.165, 1.54) is 83.0 Å². The Balaban J connectivity index is 1.18. The van der Waals surface area contributed by atoms with Crippen LogP contribution < -0.4 is 0 Å². The first kappa shape index (κ1) is 31.1. The van der Waals surface area contributed by atoms with Gasteiger partial charge in [0.05, 0.1) is 0 Å². The molecule has 51 heavy (non-hydrogen) atoms. The number of hydrogen-bond acceptors (Lipinski definition) is 0. The van der Waals surface area contributed by atoms with E-state index in [9.17, 15) is 0 Å². The monoisotopic (exact) mass is 715 g/mol. The van der Waals surface area contributed by atoms with Gasteiger partial charge in [0.1, 0.15) is 0 Å². The molecular formula is C49H34BrN. The van der Waals surface area contributed by atoms with Crippen molar-refractivity contribution in [3.8, 4) is 55.6 Å². The van der Waals surface area contributed by atoms with Crippen molar-refractivity contribution in [1.29, 1.82) is 0 Å². The van der Waals surface area contributed by atoms with E-state index < -0.39 is 0 Å². The second kappa shape index (κ2) is 13.4. The van der Waals surface area contributed by atoms with E-state index in [1.54, 1.807) is 0 Å². The van der Waals surface area contributed by atoms with Crippen molar-refractivity contribution in [3.05, 3.63) is 204 Å². The molecule has 2 heteroatoms. The number of fused-ring (bicyclic) bond motifs is 3. The average Bonchev–Trinajstić information content (AvgIpc) is 3.51. The van der Waals surface area contributed by atoms with Gasteiger partial charge in [0.15, 0.2) is 0 Å². The number of rotatable bonds is 7. The van der Waals surface area contributed by atoms with Crippen molar-refractivity contribution >= 4 is 37.7 Å². The predicted octanol–water partition coefficient (Wildman–Crippen LogP) is 13.9. The summed E-state index contributed by atoms with van der Waals surface area (Å²) >= 11 is 3.94. The van der Waals surface area contributed by atoms with E-state index in [4.69, 9.17) is 0 Å². The van der Waals surface area contributed by atoms with Gasteiger partial charge in [-0.05, 0) is 104 Å². The highest BCUT2D eigenvalue weighted by Crippen LogP contribution is 2.38. The minimum atomic E-state index is 0.751. The number of halogens is 1. The first-order chi connectivity index (χ1) is 25.2. The summed E-state index contributed by atoms with van der Waals surface area (Å²) in [5.74, 6) is 0. The smallest absolute Gasteiger partial charge is 0.0494 e. The van der Waals surface area contributed by atoms with Crippen LogP contribution in [0.5, 0.6) is 0 Å². The van der Waals surface area contributed by atoms with Gasteiger partial charge in [-0.15, -0.1) is 0 Å². The Morgan fingerprint density at radius 3 is 1.10 bits per heavy atom. The van der Waals surface area contributed by atoms with Gasteiger partial charge in [-0.1, -0.05) is 168 Å². The Morgan fingerprint density at radius 2 is 0.667 bits per heavy atom. The molecule has 0 saturated heterocycles. The van der Waals surface area contributed by atoms with Crippen molar-refractivity contribution in [2.24, 2.45) is 0 Å². The molecule has 242 valence electrons. The molecule has 0 N–H and O–H groups in total. The maximum Gasteiger partial charge on any atom is 0.0494 e. The summed E-state index contributed by atoms with van der Waals surface area (Å²) in [6.45, 7) is 0.751. The van der Waals surface area contributed by atoms with E-state index in [0.717, 1.165) is 11.0 Å². The highest BCUT2D eigenvalue weighted by Gasteiger charge is 2.16. The third-order valence-corrected chi connectivity index (χ3v) is 10.7. The van der Waals surface area contributed by atoms with Crippen LogP contribution in [0.3, 0.4) is 0 Å².